The molecular formula is C61H108O5. The SMILES string of the molecule is CC/C=C\C/C=C\C/C=C\C/C=C\CCCCCOCC(COC(=O)CCCCCCCCCCC/C=C\CCCCCCCC)OC(=O)CCCCCCC/C=C\CCCCCCCC. The van der Waals surface area contributed by atoms with Gasteiger partial charge in [0.05, 0.1) is 6.61 Å². The Hall–Kier alpha value is -2.66. The number of carbonyl (C=O) groups is 2. The number of carbonyl (C=O) groups excluding carboxylic acids is 2. The molecule has 5 heteroatoms. The molecule has 0 aliphatic carbocycles. The first-order valence-corrected chi connectivity index (χ1v) is 28.5. The fraction of sp³-hybridized carbons (Fsp3) is 0.770. The number of hydrogen-bond donors (Lipinski definition) is 0. The summed E-state index contributed by atoms with van der Waals surface area (Å²) in [7, 11) is 0. The second-order valence-corrected chi connectivity index (χ2v) is 18.8. The monoisotopic (exact) mass is 921 g/mol. The third-order valence-electron chi connectivity index (χ3n) is 12.2. The van der Waals surface area contributed by atoms with Crippen molar-refractivity contribution in [3.05, 3.63) is 72.9 Å². The van der Waals surface area contributed by atoms with Gasteiger partial charge in [-0.05, 0) is 109 Å². The maximum Gasteiger partial charge on any atom is 0.306 e. The van der Waals surface area contributed by atoms with Crippen LogP contribution in [0.15, 0.2) is 72.9 Å². The fourth-order valence-corrected chi connectivity index (χ4v) is 7.96. The molecule has 0 aromatic heterocycles. The van der Waals surface area contributed by atoms with Crippen molar-refractivity contribution in [1.29, 1.82) is 0 Å². The zero-order valence-corrected chi connectivity index (χ0v) is 44.0. The highest BCUT2D eigenvalue weighted by molar-refractivity contribution is 5.70. The molecule has 5 nitrogen and oxygen atoms in total. The van der Waals surface area contributed by atoms with E-state index in [1.165, 1.54) is 154 Å². The van der Waals surface area contributed by atoms with Gasteiger partial charge in [-0.2, -0.15) is 0 Å². The van der Waals surface area contributed by atoms with Gasteiger partial charge in [0.25, 0.3) is 0 Å². The van der Waals surface area contributed by atoms with E-state index in [9.17, 15) is 9.59 Å². The molecule has 0 amide bonds. The third kappa shape index (κ3) is 54.0. The van der Waals surface area contributed by atoms with Gasteiger partial charge in [0.1, 0.15) is 6.61 Å². The second-order valence-electron chi connectivity index (χ2n) is 18.8. The lowest BCUT2D eigenvalue weighted by molar-refractivity contribution is -0.163. The summed E-state index contributed by atoms with van der Waals surface area (Å²) in [6, 6.07) is 0. The molecule has 0 aromatic rings. The predicted molar refractivity (Wildman–Crippen MR) is 288 cm³/mol. The molecule has 0 rings (SSSR count). The first kappa shape index (κ1) is 63.3. The minimum atomic E-state index is -0.560. The largest absolute Gasteiger partial charge is 0.462 e. The summed E-state index contributed by atoms with van der Waals surface area (Å²) in [5, 5.41) is 0. The van der Waals surface area contributed by atoms with Crippen LogP contribution >= 0.6 is 0 Å². The molecular weight excluding hydrogens is 813 g/mol. The summed E-state index contributed by atoms with van der Waals surface area (Å²) >= 11 is 0. The molecule has 1 unspecified atom stereocenters. The van der Waals surface area contributed by atoms with E-state index in [1.807, 2.05) is 0 Å². The van der Waals surface area contributed by atoms with Crippen LogP contribution < -0.4 is 0 Å². The summed E-state index contributed by atoms with van der Waals surface area (Å²) in [4.78, 5) is 25.5. The van der Waals surface area contributed by atoms with Gasteiger partial charge in [-0.15, -0.1) is 0 Å². The summed E-state index contributed by atoms with van der Waals surface area (Å²) in [6.07, 6.45) is 73.5. The van der Waals surface area contributed by atoms with Gasteiger partial charge in [0, 0.05) is 19.4 Å². The first-order chi connectivity index (χ1) is 32.6. The number of allylic oxidation sites excluding steroid dienone is 12. The molecule has 0 spiro atoms. The highest BCUT2D eigenvalue weighted by atomic mass is 16.6. The van der Waals surface area contributed by atoms with E-state index < -0.39 is 6.10 Å². The molecule has 0 aliphatic rings. The average Bonchev–Trinajstić information content (AvgIpc) is 3.32. The van der Waals surface area contributed by atoms with Crippen LogP contribution in [0, 0.1) is 0 Å². The summed E-state index contributed by atoms with van der Waals surface area (Å²) in [6.45, 7) is 7.65. The Kier molecular flexibility index (Phi) is 54.4. The van der Waals surface area contributed by atoms with Crippen LogP contribution in [0.25, 0.3) is 0 Å². The molecule has 0 N–H and O–H groups in total. The number of rotatable bonds is 52. The Morgan fingerprint density at radius 1 is 0.348 bits per heavy atom. The van der Waals surface area contributed by atoms with Gasteiger partial charge >= 0.3 is 11.9 Å². The number of ether oxygens (including phenoxy) is 3. The highest BCUT2D eigenvalue weighted by Crippen LogP contribution is 2.15. The van der Waals surface area contributed by atoms with E-state index >= 15 is 0 Å². The molecule has 0 radical (unpaired) electrons. The zero-order chi connectivity index (χ0) is 47.7. The molecule has 0 fully saturated rings. The Balaban J connectivity index is 4.31. The van der Waals surface area contributed by atoms with Crippen LogP contribution in [0.3, 0.4) is 0 Å². The number of hydrogen-bond acceptors (Lipinski definition) is 5. The van der Waals surface area contributed by atoms with E-state index in [0.717, 1.165) is 89.9 Å². The van der Waals surface area contributed by atoms with Gasteiger partial charge < -0.3 is 14.2 Å². The van der Waals surface area contributed by atoms with Crippen LogP contribution in [0.2, 0.25) is 0 Å². The fourth-order valence-electron chi connectivity index (χ4n) is 7.96. The van der Waals surface area contributed by atoms with Crippen molar-refractivity contribution < 1.29 is 23.8 Å². The molecule has 0 saturated carbocycles. The molecule has 0 heterocycles. The number of unbranched alkanes of at least 4 members (excludes halogenated alkanes) is 29. The van der Waals surface area contributed by atoms with Crippen molar-refractivity contribution in [1.82, 2.24) is 0 Å². The lowest BCUT2D eigenvalue weighted by atomic mass is 10.1. The summed E-state index contributed by atoms with van der Waals surface area (Å²) in [5.74, 6) is -0.420. The van der Waals surface area contributed by atoms with Crippen LogP contribution in [0.5, 0.6) is 0 Å². The zero-order valence-electron chi connectivity index (χ0n) is 44.0. The minimum absolute atomic E-state index is 0.0672. The lowest BCUT2D eigenvalue weighted by Crippen LogP contribution is -2.30. The minimum Gasteiger partial charge on any atom is -0.462 e. The van der Waals surface area contributed by atoms with Crippen molar-refractivity contribution in [3.8, 4) is 0 Å². The number of esters is 2. The molecule has 66 heavy (non-hydrogen) atoms. The predicted octanol–water partition coefficient (Wildman–Crippen LogP) is 19.5. The van der Waals surface area contributed by atoms with Crippen molar-refractivity contribution in [2.24, 2.45) is 0 Å². The molecule has 382 valence electrons. The third-order valence-corrected chi connectivity index (χ3v) is 12.2. The van der Waals surface area contributed by atoms with Crippen LogP contribution in [0.4, 0.5) is 0 Å². The van der Waals surface area contributed by atoms with Crippen molar-refractivity contribution in [2.75, 3.05) is 19.8 Å². The van der Waals surface area contributed by atoms with E-state index in [4.69, 9.17) is 14.2 Å². The van der Waals surface area contributed by atoms with Crippen molar-refractivity contribution >= 4 is 11.9 Å². The van der Waals surface area contributed by atoms with Crippen LogP contribution in [-0.4, -0.2) is 37.9 Å². The molecule has 0 saturated heterocycles. The van der Waals surface area contributed by atoms with Crippen LogP contribution in [-0.2, 0) is 23.8 Å². The Labute approximate surface area is 410 Å². The second kappa shape index (κ2) is 56.7. The Morgan fingerprint density at radius 3 is 1.11 bits per heavy atom. The van der Waals surface area contributed by atoms with Crippen molar-refractivity contribution in [2.45, 2.75) is 284 Å². The first-order valence-electron chi connectivity index (χ1n) is 28.5. The van der Waals surface area contributed by atoms with Crippen molar-refractivity contribution in [3.63, 3.8) is 0 Å². The Morgan fingerprint density at radius 2 is 0.682 bits per heavy atom. The average molecular weight is 922 g/mol. The van der Waals surface area contributed by atoms with Gasteiger partial charge in [0.15, 0.2) is 6.10 Å². The highest BCUT2D eigenvalue weighted by Gasteiger charge is 2.17. The van der Waals surface area contributed by atoms with E-state index in [1.54, 1.807) is 0 Å². The maximum atomic E-state index is 12.8. The Bertz CT molecular complexity index is 1180. The van der Waals surface area contributed by atoms with Gasteiger partial charge in [-0.3, -0.25) is 9.59 Å². The topological polar surface area (TPSA) is 61.8 Å². The van der Waals surface area contributed by atoms with E-state index in [0.29, 0.717) is 19.4 Å². The lowest BCUT2D eigenvalue weighted by Gasteiger charge is -2.18. The van der Waals surface area contributed by atoms with E-state index in [-0.39, 0.29) is 25.2 Å². The molecule has 1 atom stereocenters. The standard InChI is InChI=1S/C61H108O5/c1-4-7-10-13-16-19-22-25-28-30-31-32-34-36-39-42-45-48-51-54-60(62)65-58-59(57-64-56-53-50-47-44-41-38-35-29-26-23-20-17-14-11-8-5-2)66-61(63)55-52-49-46-43-40-37-33-27-24-21-18-15-12-9-6-3/h8,11,17,20,25-29,33,38,41,59H,4-7,9-10,12-16,18-19,21-24,30-32,34-37,39-40,42-58H2,1-3H3/b11-8-,20-17-,28-25-,29-26-,33-27-,41-38-. The van der Waals surface area contributed by atoms with Gasteiger partial charge in [0.2, 0.25) is 0 Å². The molecule has 0 bridgehead atoms. The van der Waals surface area contributed by atoms with Gasteiger partial charge in [-0.25, -0.2) is 0 Å². The maximum absolute atomic E-state index is 12.8. The van der Waals surface area contributed by atoms with Gasteiger partial charge in [-0.1, -0.05) is 229 Å². The molecule has 0 aromatic carbocycles. The normalized spacial score (nSPS) is 12.7. The smallest absolute Gasteiger partial charge is 0.306 e. The van der Waals surface area contributed by atoms with E-state index in [2.05, 4.69) is 93.7 Å². The summed E-state index contributed by atoms with van der Waals surface area (Å²) < 4.78 is 17.4. The quantitative estimate of drug-likeness (QED) is 0.0346. The summed E-state index contributed by atoms with van der Waals surface area (Å²) in [5.41, 5.74) is 0. The molecule has 0 aliphatic heterocycles. The van der Waals surface area contributed by atoms with Crippen LogP contribution in [0.1, 0.15) is 278 Å².